The van der Waals surface area contributed by atoms with E-state index < -0.39 is 0 Å². The van der Waals surface area contributed by atoms with Crippen molar-refractivity contribution in [2.24, 2.45) is 0 Å². The van der Waals surface area contributed by atoms with Crippen LogP contribution in [-0.2, 0) is 9.53 Å². The molecule has 0 aliphatic rings. The standard InChI is InChI=1S/C15H17N3O2S/c1-11(2)20-14(19)10-21-15-16-13(17-18-15)9-8-12-6-4-3-5-7-12/h3-9,11H,10H2,1-2H3,(H,16,17,18)/b9-8+. The Kier molecular flexibility index (Phi) is 5.57. The predicted molar refractivity (Wildman–Crippen MR) is 83.7 cm³/mol. The lowest BCUT2D eigenvalue weighted by Crippen LogP contribution is -2.13. The maximum absolute atomic E-state index is 11.4. The topological polar surface area (TPSA) is 67.9 Å². The molecule has 0 unspecified atom stereocenters. The summed E-state index contributed by atoms with van der Waals surface area (Å²) < 4.78 is 5.04. The molecule has 0 saturated carbocycles. The van der Waals surface area contributed by atoms with Gasteiger partial charge in [-0.1, -0.05) is 48.2 Å². The molecule has 5 nitrogen and oxygen atoms in total. The van der Waals surface area contributed by atoms with E-state index in [1.165, 1.54) is 11.8 Å². The first kappa shape index (κ1) is 15.3. The zero-order valence-corrected chi connectivity index (χ0v) is 12.8. The summed E-state index contributed by atoms with van der Waals surface area (Å²) in [5.41, 5.74) is 1.09. The average molecular weight is 303 g/mol. The van der Waals surface area contributed by atoms with Crippen LogP contribution in [0.25, 0.3) is 12.2 Å². The van der Waals surface area contributed by atoms with E-state index in [1.807, 2.05) is 56.3 Å². The smallest absolute Gasteiger partial charge is 0.316 e. The highest BCUT2D eigenvalue weighted by atomic mass is 32.2. The summed E-state index contributed by atoms with van der Waals surface area (Å²) >= 11 is 1.25. The van der Waals surface area contributed by atoms with Gasteiger partial charge in [0.05, 0.1) is 11.9 Å². The number of H-pyrrole nitrogens is 1. The molecule has 0 saturated heterocycles. The van der Waals surface area contributed by atoms with E-state index >= 15 is 0 Å². The van der Waals surface area contributed by atoms with Gasteiger partial charge in [-0.15, -0.1) is 5.10 Å². The zero-order chi connectivity index (χ0) is 15.1. The third-order valence-corrected chi connectivity index (χ3v) is 3.22. The fourth-order valence-electron chi connectivity index (χ4n) is 1.56. The third-order valence-electron chi connectivity index (χ3n) is 2.40. The Morgan fingerprint density at radius 1 is 1.33 bits per heavy atom. The summed E-state index contributed by atoms with van der Waals surface area (Å²) in [6, 6.07) is 9.93. The molecule has 1 aromatic heterocycles. The van der Waals surface area contributed by atoms with Gasteiger partial charge in [-0.05, 0) is 25.5 Å². The summed E-state index contributed by atoms with van der Waals surface area (Å²) in [7, 11) is 0. The van der Waals surface area contributed by atoms with Crippen LogP contribution in [0.2, 0.25) is 0 Å². The molecule has 0 spiro atoms. The number of hydrogen-bond donors (Lipinski definition) is 1. The van der Waals surface area contributed by atoms with Gasteiger partial charge in [-0.2, -0.15) is 0 Å². The van der Waals surface area contributed by atoms with Crippen molar-refractivity contribution < 1.29 is 9.53 Å². The van der Waals surface area contributed by atoms with E-state index in [4.69, 9.17) is 4.74 Å². The van der Waals surface area contributed by atoms with Crippen LogP contribution in [0.4, 0.5) is 0 Å². The number of nitrogens with zero attached hydrogens (tertiary/aromatic N) is 2. The van der Waals surface area contributed by atoms with Gasteiger partial charge in [0.2, 0.25) is 5.16 Å². The minimum Gasteiger partial charge on any atom is -0.462 e. The Labute approximate surface area is 127 Å². The van der Waals surface area contributed by atoms with Crippen LogP contribution in [0.1, 0.15) is 25.2 Å². The summed E-state index contributed by atoms with van der Waals surface area (Å²) in [5, 5.41) is 7.40. The molecule has 2 aromatic rings. The van der Waals surface area contributed by atoms with Gasteiger partial charge >= 0.3 is 5.97 Å². The van der Waals surface area contributed by atoms with Crippen LogP contribution in [0, 0.1) is 0 Å². The molecule has 1 aromatic carbocycles. The molecule has 0 radical (unpaired) electrons. The van der Waals surface area contributed by atoms with Crippen molar-refractivity contribution in [1.82, 2.24) is 15.2 Å². The molecular weight excluding hydrogens is 286 g/mol. The predicted octanol–water partition coefficient (Wildman–Crippen LogP) is 3.02. The summed E-state index contributed by atoms with van der Waals surface area (Å²) in [6.45, 7) is 3.64. The number of aromatic nitrogens is 3. The first-order chi connectivity index (χ1) is 10.1. The number of carbonyl (C=O) groups excluding carboxylic acids is 1. The van der Waals surface area contributed by atoms with Crippen molar-refractivity contribution in [2.45, 2.75) is 25.1 Å². The van der Waals surface area contributed by atoms with E-state index in [1.54, 1.807) is 0 Å². The molecular formula is C15H17N3O2S. The summed E-state index contributed by atoms with van der Waals surface area (Å²) in [5.74, 6) is 0.595. The number of ether oxygens (including phenoxy) is 1. The van der Waals surface area contributed by atoms with Gasteiger partial charge in [0.15, 0.2) is 0 Å². The minimum absolute atomic E-state index is 0.102. The first-order valence-corrected chi connectivity index (χ1v) is 7.60. The molecule has 1 heterocycles. The van der Waals surface area contributed by atoms with Crippen molar-refractivity contribution in [3.05, 3.63) is 41.7 Å². The van der Waals surface area contributed by atoms with E-state index in [-0.39, 0.29) is 17.8 Å². The lowest BCUT2D eigenvalue weighted by molar-refractivity contribution is -0.144. The van der Waals surface area contributed by atoms with Gasteiger partial charge < -0.3 is 4.74 Å². The largest absolute Gasteiger partial charge is 0.462 e. The lowest BCUT2D eigenvalue weighted by atomic mass is 10.2. The van der Waals surface area contributed by atoms with Gasteiger partial charge in [0, 0.05) is 0 Å². The Bertz CT molecular complexity index is 608. The monoisotopic (exact) mass is 303 g/mol. The zero-order valence-electron chi connectivity index (χ0n) is 11.9. The molecule has 0 aliphatic carbocycles. The molecule has 1 N–H and O–H groups in total. The van der Waals surface area contributed by atoms with Gasteiger partial charge in [0.25, 0.3) is 0 Å². The van der Waals surface area contributed by atoms with Crippen molar-refractivity contribution in [1.29, 1.82) is 0 Å². The SMILES string of the molecule is CC(C)OC(=O)CSc1n[nH]c(/C=C/c2ccccc2)n1. The van der Waals surface area contributed by atoms with Gasteiger partial charge in [0.1, 0.15) is 5.82 Å². The van der Waals surface area contributed by atoms with Crippen molar-refractivity contribution in [3.63, 3.8) is 0 Å². The van der Waals surface area contributed by atoms with Gasteiger partial charge in [-0.3, -0.25) is 9.89 Å². The van der Waals surface area contributed by atoms with Crippen LogP contribution in [0.15, 0.2) is 35.5 Å². The van der Waals surface area contributed by atoms with Crippen molar-refractivity contribution in [3.8, 4) is 0 Å². The maximum atomic E-state index is 11.4. The number of carbonyl (C=O) groups is 1. The molecule has 21 heavy (non-hydrogen) atoms. The second kappa shape index (κ2) is 7.64. The van der Waals surface area contributed by atoms with Crippen LogP contribution >= 0.6 is 11.8 Å². The normalized spacial score (nSPS) is 11.2. The van der Waals surface area contributed by atoms with E-state index in [0.29, 0.717) is 11.0 Å². The number of thioether (sulfide) groups is 1. The highest BCUT2D eigenvalue weighted by Gasteiger charge is 2.09. The number of nitrogens with one attached hydrogen (secondary N) is 1. The average Bonchev–Trinajstić information content (AvgIpc) is 2.91. The minimum atomic E-state index is -0.263. The second-order valence-electron chi connectivity index (χ2n) is 4.57. The molecule has 0 bridgehead atoms. The molecule has 0 aliphatic heterocycles. The number of rotatable bonds is 6. The van der Waals surface area contributed by atoms with Crippen molar-refractivity contribution in [2.75, 3.05) is 5.75 Å². The Morgan fingerprint density at radius 3 is 2.81 bits per heavy atom. The number of esters is 1. The molecule has 0 atom stereocenters. The van der Waals surface area contributed by atoms with E-state index in [0.717, 1.165) is 5.56 Å². The van der Waals surface area contributed by atoms with E-state index in [9.17, 15) is 4.79 Å². The maximum Gasteiger partial charge on any atom is 0.316 e. The first-order valence-electron chi connectivity index (χ1n) is 6.61. The summed E-state index contributed by atoms with van der Waals surface area (Å²) in [6.07, 6.45) is 3.69. The van der Waals surface area contributed by atoms with Crippen LogP contribution in [0.3, 0.4) is 0 Å². The molecule has 0 amide bonds. The number of benzene rings is 1. The summed E-state index contributed by atoms with van der Waals surface area (Å²) in [4.78, 5) is 15.7. The molecule has 0 fully saturated rings. The molecule has 110 valence electrons. The van der Waals surface area contributed by atoms with E-state index in [2.05, 4.69) is 15.2 Å². The second-order valence-corrected chi connectivity index (χ2v) is 5.52. The van der Waals surface area contributed by atoms with Gasteiger partial charge in [-0.25, -0.2) is 4.98 Å². The lowest BCUT2D eigenvalue weighted by Gasteiger charge is -2.05. The molecule has 6 heteroatoms. The third kappa shape index (κ3) is 5.43. The van der Waals surface area contributed by atoms with Crippen LogP contribution in [0.5, 0.6) is 0 Å². The van der Waals surface area contributed by atoms with Crippen LogP contribution in [-0.4, -0.2) is 33.0 Å². The highest BCUT2D eigenvalue weighted by Crippen LogP contribution is 2.14. The van der Waals surface area contributed by atoms with Crippen molar-refractivity contribution >= 4 is 29.9 Å². The Balaban J connectivity index is 1.87. The number of hydrogen-bond acceptors (Lipinski definition) is 5. The number of aromatic amines is 1. The highest BCUT2D eigenvalue weighted by molar-refractivity contribution is 7.99. The fraction of sp³-hybridized carbons (Fsp3) is 0.267. The van der Waals surface area contributed by atoms with Crippen LogP contribution < -0.4 is 0 Å². The fourth-order valence-corrected chi connectivity index (χ4v) is 2.15. The molecule has 2 rings (SSSR count). The Hall–Kier alpha value is -2.08. The quantitative estimate of drug-likeness (QED) is 0.656. The Morgan fingerprint density at radius 2 is 2.10 bits per heavy atom.